The first-order chi connectivity index (χ1) is 10.2. The first kappa shape index (κ1) is 19.9. The van der Waals surface area contributed by atoms with Gasteiger partial charge in [-0.25, -0.2) is 0 Å². The van der Waals surface area contributed by atoms with Crippen LogP contribution < -0.4 is 10.6 Å². The van der Waals surface area contributed by atoms with Crippen LogP contribution in [-0.2, 0) is 9.59 Å². The van der Waals surface area contributed by atoms with Crippen LogP contribution in [0.15, 0.2) is 0 Å². The summed E-state index contributed by atoms with van der Waals surface area (Å²) in [5, 5.41) is 5.49. The highest BCUT2D eigenvalue weighted by Gasteiger charge is 2.03. The smallest absolute Gasteiger partial charge is 0.221 e. The summed E-state index contributed by atoms with van der Waals surface area (Å²) in [5.74, 6) is 0.0736. The second-order valence-electron chi connectivity index (χ2n) is 5.71. The van der Waals surface area contributed by atoms with E-state index in [0.717, 1.165) is 25.7 Å². The lowest BCUT2D eigenvalue weighted by molar-refractivity contribution is -0.123. The second-order valence-corrected chi connectivity index (χ2v) is 5.71. The van der Waals surface area contributed by atoms with Crippen LogP contribution >= 0.6 is 0 Å². The predicted octanol–water partition coefficient (Wildman–Crippen LogP) is 3.90. The first-order valence-corrected chi connectivity index (χ1v) is 8.74. The van der Waals surface area contributed by atoms with Crippen molar-refractivity contribution in [2.45, 2.75) is 90.9 Å². The lowest BCUT2D eigenvalue weighted by Gasteiger charge is -2.07. The van der Waals surface area contributed by atoms with Crippen molar-refractivity contribution in [2.75, 3.05) is 6.67 Å². The summed E-state index contributed by atoms with van der Waals surface area (Å²) >= 11 is 0. The Morgan fingerprint density at radius 2 is 1.00 bits per heavy atom. The third-order valence-corrected chi connectivity index (χ3v) is 3.59. The minimum atomic E-state index is 0.0368. The molecule has 0 bridgehead atoms. The van der Waals surface area contributed by atoms with E-state index in [1.807, 2.05) is 0 Å². The van der Waals surface area contributed by atoms with Gasteiger partial charge >= 0.3 is 0 Å². The average Bonchev–Trinajstić information content (AvgIpc) is 2.47. The third-order valence-electron chi connectivity index (χ3n) is 3.59. The molecule has 124 valence electrons. The normalized spacial score (nSPS) is 10.4. The van der Waals surface area contributed by atoms with Gasteiger partial charge in [0.1, 0.15) is 0 Å². The molecular weight excluding hydrogens is 264 g/mol. The average molecular weight is 298 g/mol. The number of carbonyl (C=O) groups excluding carboxylic acids is 2. The molecular formula is C17H34N2O2. The number of amides is 2. The fraction of sp³-hybridized carbons (Fsp3) is 0.882. The van der Waals surface area contributed by atoms with E-state index in [1.165, 1.54) is 38.5 Å². The SMILES string of the molecule is CCCCCCCC(=O)NCNC(=O)CCCCCCC. The van der Waals surface area contributed by atoms with E-state index in [4.69, 9.17) is 0 Å². The number of hydrogen-bond acceptors (Lipinski definition) is 2. The van der Waals surface area contributed by atoms with Gasteiger partial charge in [-0.1, -0.05) is 65.2 Å². The minimum absolute atomic E-state index is 0.0368. The molecule has 0 aromatic carbocycles. The van der Waals surface area contributed by atoms with E-state index in [0.29, 0.717) is 12.8 Å². The van der Waals surface area contributed by atoms with Crippen LogP contribution in [0, 0.1) is 0 Å². The van der Waals surface area contributed by atoms with Gasteiger partial charge in [-0.3, -0.25) is 9.59 Å². The first-order valence-electron chi connectivity index (χ1n) is 8.74. The molecule has 2 amide bonds. The molecule has 0 spiro atoms. The molecule has 0 atom stereocenters. The highest BCUT2D eigenvalue weighted by molar-refractivity contribution is 5.78. The number of unbranched alkanes of at least 4 members (excludes halogenated alkanes) is 8. The van der Waals surface area contributed by atoms with Gasteiger partial charge in [0.15, 0.2) is 0 Å². The maximum atomic E-state index is 11.5. The Morgan fingerprint density at radius 1 is 0.619 bits per heavy atom. The van der Waals surface area contributed by atoms with Crippen molar-refractivity contribution in [3.63, 3.8) is 0 Å². The molecule has 0 aromatic heterocycles. The monoisotopic (exact) mass is 298 g/mol. The maximum Gasteiger partial charge on any atom is 0.221 e. The summed E-state index contributed by atoms with van der Waals surface area (Å²) in [6, 6.07) is 0. The summed E-state index contributed by atoms with van der Waals surface area (Å²) in [7, 11) is 0. The third kappa shape index (κ3) is 15.2. The van der Waals surface area contributed by atoms with Crippen LogP contribution in [0.5, 0.6) is 0 Å². The highest BCUT2D eigenvalue weighted by atomic mass is 16.2. The molecule has 0 aromatic rings. The van der Waals surface area contributed by atoms with Gasteiger partial charge in [0.2, 0.25) is 11.8 Å². The van der Waals surface area contributed by atoms with Gasteiger partial charge in [-0.15, -0.1) is 0 Å². The van der Waals surface area contributed by atoms with E-state index < -0.39 is 0 Å². The molecule has 4 heteroatoms. The molecule has 0 aliphatic carbocycles. The van der Waals surface area contributed by atoms with Crippen molar-refractivity contribution in [1.82, 2.24) is 10.6 Å². The van der Waals surface area contributed by atoms with Crippen molar-refractivity contribution in [3.8, 4) is 0 Å². The summed E-state index contributed by atoms with van der Waals surface area (Å²) in [6.45, 7) is 4.62. The van der Waals surface area contributed by atoms with Crippen LogP contribution in [-0.4, -0.2) is 18.5 Å². The zero-order valence-electron chi connectivity index (χ0n) is 14.0. The fourth-order valence-corrected chi connectivity index (χ4v) is 2.20. The Kier molecular flexibility index (Phi) is 14.6. The van der Waals surface area contributed by atoms with Crippen LogP contribution in [0.25, 0.3) is 0 Å². The van der Waals surface area contributed by atoms with Crippen molar-refractivity contribution in [3.05, 3.63) is 0 Å². The number of nitrogens with one attached hydrogen (secondary N) is 2. The van der Waals surface area contributed by atoms with Gasteiger partial charge in [-0.05, 0) is 12.8 Å². The molecule has 21 heavy (non-hydrogen) atoms. The summed E-state index contributed by atoms with van der Waals surface area (Å²) < 4.78 is 0. The molecule has 0 saturated heterocycles. The largest absolute Gasteiger partial charge is 0.339 e. The predicted molar refractivity (Wildman–Crippen MR) is 87.9 cm³/mol. The Balaban J connectivity index is 3.34. The van der Waals surface area contributed by atoms with Crippen molar-refractivity contribution in [1.29, 1.82) is 0 Å². The van der Waals surface area contributed by atoms with E-state index in [1.54, 1.807) is 0 Å². The van der Waals surface area contributed by atoms with Gasteiger partial charge in [-0.2, -0.15) is 0 Å². The van der Waals surface area contributed by atoms with Crippen molar-refractivity contribution < 1.29 is 9.59 Å². The van der Waals surface area contributed by atoms with Crippen LogP contribution in [0.2, 0.25) is 0 Å². The maximum absolute atomic E-state index is 11.5. The topological polar surface area (TPSA) is 58.2 Å². The van der Waals surface area contributed by atoms with Crippen LogP contribution in [0.3, 0.4) is 0 Å². The standard InChI is InChI=1S/C17H34N2O2/c1-3-5-7-9-11-13-16(20)18-15-19-17(21)14-12-10-8-6-4-2/h3-15H2,1-2H3,(H,18,20)(H,19,21). The Bertz CT molecular complexity index is 242. The zero-order chi connectivity index (χ0) is 15.8. The molecule has 0 radical (unpaired) electrons. The highest BCUT2D eigenvalue weighted by Crippen LogP contribution is 2.05. The lowest BCUT2D eigenvalue weighted by Crippen LogP contribution is -2.37. The van der Waals surface area contributed by atoms with E-state index >= 15 is 0 Å². The molecule has 0 rings (SSSR count). The minimum Gasteiger partial charge on any atom is -0.339 e. The summed E-state index contributed by atoms with van der Waals surface area (Å²) in [5.41, 5.74) is 0. The lowest BCUT2D eigenvalue weighted by atomic mass is 10.1. The van der Waals surface area contributed by atoms with Crippen LogP contribution in [0.1, 0.15) is 90.9 Å². The van der Waals surface area contributed by atoms with Crippen molar-refractivity contribution in [2.24, 2.45) is 0 Å². The van der Waals surface area contributed by atoms with E-state index in [9.17, 15) is 9.59 Å². The molecule has 0 heterocycles. The van der Waals surface area contributed by atoms with Crippen molar-refractivity contribution >= 4 is 11.8 Å². The molecule has 0 unspecified atom stereocenters. The number of carbonyl (C=O) groups is 2. The van der Waals surface area contributed by atoms with Gasteiger partial charge in [0, 0.05) is 12.8 Å². The van der Waals surface area contributed by atoms with Gasteiger partial charge < -0.3 is 10.6 Å². The second kappa shape index (κ2) is 15.3. The molecule has 0 saturated carbocycles. The summed E-state index contributed by atoms with van der Waals surface area (Å²) in [6.07, 6.45) is 12.6. The fourth-order valence-electron chi connectivity index (χ4n) is 2.20. The Morgan fingerprint density at radius 3 is 1.38 bits per heavy atom. The Labute approximate surface area is 130 Å². The molecule has 0 aliphatic rings. The van der Waals surface area contributed by atoms with Gasteiger partial charge in [0.05, 0.1) is 6.67 Å². The molecule has 2 N–H and O–H groups in total. The van der Waals surface area contributed by atoms with Gasteiger partial charge in [0.25, 0.3) is 0 Å². The van der Waals surface area contributed by atoms with E-state index in [-0.39, 0.29) is 18.5 Å². The Hall–Kier alpha value is -1.06. The number of rotatable bonds is 14. The quantitative estimate of drug-likeness (QED) is 0.377. The zero-order valence-corrected chi connectivity index (χ0v) is 14.0. The summed E-state index contributed by atoms with van der Waals surface area (Å²) in [4.78, 5) is 23.1. The number of hydrogen-bond donors (Lipinski definition) is 2. The molecule has 4 nitrogen and oxygen atoms in total. The molecule has 0 fully saturated rings. The van der Waals surface area contributed by atoms with Crippen LogP contribution in [0.4, 0.5) is 0 Å². The van der Waals surface area contributed by atoms with E-state index in [2.05, 4.69) is 24.5 Å². The molecule has 0 aliphatic heterocycles.